The van der Waals surface area contributed by atoms with Crippen LogP contribution in [0.2, 0.25) is 5.02 Å². The molecule has 0 aliphatic rings. The molecule has 0 radical (unpaired) electrons. The molecule has 0 amide bonds. The van der Waals surface area contributed by atoms with Gasteiger partial charge in [-0.25, -0.2) is 0 Å². The van der Waals surface area contributed by atoms with E-state index in [2.05, 4.69) is 16.2 Å². The molecule has 0 aliphatic carbocycles. The number of aromatic nitrogens is 1. The number of nitrogens with one attached hydrogen (secondary N) is 1. The monoisotopic (exact) mass is 206 g/mol. The highest BCUT2D eigenvalue weighted by molar-refractivity contribution is 6.31. The van der Waals surface area contributed by atoms with Crippen molar-refractivity contribution in [2.75, 3.05) is 11.9 Å². The molecule has 0 unspecified atom stereocenters. The number of halogens is 1. The Labute approximate surface area is 86.1 Å². The highest BCUT2D eigenvalue weighted by atomic mass is 35.5. The van der Waals surface area contributed by atoms with Crippen molar-refractivity contribution in [3.63, 3.8) is 0 Å². The summed E-state index contributed by atoms with van der Waals surface area (Å²) >= 11 is 5.80. The molecule has 1 aromatic heterocycles. The molecule has 1 heterocycles. The van der Waals surface area contributed by atoms with Crippen LogP contribution < -0.4 is 5.32 Å². The van der Waals surface area contributed by atoms with Crippen LogP contribution in [0.15, 0.2) is 22.6 Å². The minimum atomic E-state index is 0.389. The zero-order valence-electron chi connectivity index (χ0n) is 7.25. The van der Waals surface area contributed by atoms with Crippen LogP contribution in [-0.4, -0.2) is 11.5 Å². The number of terminal acetylenes is 1. The number of benzene rings is 1. The van der Waals surface area contributed by atoms with Crippen molar-refractivity contribution in [2.24, 2.45) is 0 Å². The lowest BCUT2D eigenvalue weighted by molar-refractivity contribution is 0.618. The van der Waals surface area contributed by atoms with Gasteiger partial charge in [0.2, 0.25) is 0 Å². The van der Waals surface area contributed by atoms with Crippen molar-refractivity contribution in [3.8, 4) is 12.3 Å². The van der Waals surface area contributed by atoms with Crippen molar-refractivity contribution in [1.82, 2.24) is 4.98 Å². The number of nitrogens with zero attached hydrogens (tertiary/aromatic N) is 1. The molecule has 3 nitrogen and oxygen atoms in total. The lowest BCUT2D eigenvalue weighted by Crippen LogP contribution is -1.97. The number of hydrogen-bond acceptors (Lipinski definition) is 3. The second-order valence-corrected chi connectivity index (χ2v) is 3.13. The molecule has 1 N–H and O–H groups in total. The SMILES string of the molecule is C#CCNc1nc2cc(Cl)ccc2o1. The Balaban J connectivity index is 2.37. The summed E-state index contributed by atoms with van der Waals surface area (Å²) in [6.45, 7) is 0.389. The van der Waals surface area contributed by atoms with Gasteiger partial charge in [0.1, 0.15) is 5.52 Å². The summed E-state index contributed by atoms with van der Waals surface area (Å²) in [4.78, 5) is 4.15. The average molecular weight is 207 g/mol. The Morgan fingerprint density at radius 3 is 3.21 bits per heavy atom. The van der Waals surface area contributed by atoms with Crippen LogP contribution in [0.5, 0.6) is 0 Å². The average Bonchev–Trinajstić information content (AvgIpc) is 2.56. The maximum atomic E-state index is 5.80. The summed E-state index contributed by atoms with van der Waals surface area (Å²) in [5.41, 5.74) is 1.41. The molecule has 0 bridgehead atoms. The van der Waals surface area contributed by atoms with Crippen molar-refractivity contribution in [2.45, 2.75) is 0 Å². The molecule has 2 aromatic rings. The second-order valence-electron chi connectivity index (χ2n) is 2.69. The Hall–Kier alpha value is -1.66. The molecule has 0 saturated heterocycles. The van der Waals surface area contributed by atoms with Gasteiger partial charge >= 0.3 is 0 Å². The Morgan fingerprint density at radius 1 is 1.57 bits per heavy atom. The van der Waals surface area contributed by atoms with Gasteiger partial charge in [-0.3, -0.25) is 0 Å². The summed E-state index contributed by atoms with van der Waals surface area (Å²) in [6.07, 6.45) is 5.09. The topological polar surface area (TPSA) is 38.1 Å². The lowest BCUT2D eigenvalue weighted by Gasteiger charge is -1.90. The van der Waals surface area contributed by atoms with E-state index in [4.69, 9.17) is 22.4 Å². The molecular formula is C10H7ClN2O. The number of hydrogen-bond donors (Lipinski definition) is 1. The van der Waals surface area contributed by atoms with Gasteiger partial charge in [0.05, 0.1) is 6.54 Å². The van der Waals surface area contributed by atoms with Crippen molar-refractivity contribution >= 4 is 28.7 Å². The van der Waals surface area contributed by atoms with Gasteiger partial charge in [-0.15, -0.1) is 6.42 Å². The Bertz CT molecular complexity index is 498. The molecule has 2 rings (SSSR count). The predicted molar refractivity (Wildman–Crippen MR) is 56.3 cm³/mol. The largest absolute Gasteiger partial charge is 0.424 e. The number of rotatable bonds is 2. The van der Waals surface area contributed by atoms with E-state index in [0.717, 1.165) is 5.52 Å². The third-order valence-electron chi connectivity index (χ3n) is 1.69. The minimum Gasteiger partial charge on any atom is -0.424 e. The first-order valence-corrected chi connectivity index (χ1v) is 4.41. The zero-order valence-corrected chi connectivity index (χ0v) is 8.01. The van der Waals surface area contributed by atoms with E-state index in [-0.39, 0.29) is 0 Å². The molecule has 0 spiro atoms. The predicted octanol–water partition coefficient (Wildman–Crippen LogP) is 2.53. The van der Waals surface area contributed by atoms with Gasteiger partial charge in [-0.1, -0.05) is 17.5 Å². The summed E-state index contributed by atoms with van der Waals surface area (Å²) < 4.78 is 5.35. The number of oxazole rings is 1. The molecule has 0 saturated carbocycles. The fourth-order valence-corrected chi connectivity index (χ4v) is 1.27. The normalized spacial score (nSPS) is 10.0. The summed E-state index contributed by atoms with van der Waals surface area (Å²) in [5, 5.41) is 3.48. The van der Waals surface area contributed by atoms with Crippen molar-refractivity contribution in [1.29, 1.82) is 0 Å². The summed E-state index contributed by atoms with van der Waals surface area (Å²) in [7, 11) is 0. The lowest BCUT2D eigenvalue weighted by atomic mass is 10.3. The van der Waals surface area contributed by atoms with Gasteiger partial charge in [0, 0.05) is 5.02 Å². The molecule has 0 aliphatic heterocycles. The third-order valence-corrected chi connectivity index (χ3v) is 1.93. The molecule has 70 valence electrons. The minimum absolute atomic E-state index is 0.389. The number of anilines is 1. The van der Waals surface area contributed by atoms with Crippen LogP contribution in [-0.2, 0) is 0 Å². The highest BCUT2D eigenvalue weighted by Crippen LogP contribution is 2.21. The van der Waals surface area contributed by atoms with Crippen molar-refractivity contribution in [3.05, 3.63) is 23.2 Å². The molecule has 0 fully saturated rings. The van der Waals surface area contributed by atoms with Crippen LogP contribution in [0.4, 0.5) is 6.01 Å². The molecule has 4 heteroatoms. The van der Waals surface area contributed by atoms with Crippen LogP contribution in [0.3, 0.4) is 0 Å². The number of fused-ring (bicyclic) bond motifs is 1. The van der Waals surface area contributed by atoms with E-state index in [0.29, 0.717) is 23.2 Å². The van der Waals surface area contributed by atoms with Gasteiger partial charge in [0.25, 0.3) is 6.01 Å². The smallest absolute Gasteiger partial charge is 0.296 e. The Morgan fingerprint density at radius 2 is 2.43 bits per heavy atom. The first-order valence-electron chi connectivity index (χ1n) is 4.03. The van der Waals surface area contributed by atoms with E-state index in [1.807, 2.05) is 0 Å². The third kappa shape index (κ3) is 1.66. The van der Waals surface area contributed by atoms with E-state index < -0.39 is 0 Å². The fourth-order valence-electron chi connectivity index (χ4n) is 1.10. The van der Waals surface area contributed by atoms with E-state index in [1.165, 1.54) is 0 Å². The van der Waals surface area contributed by atoms with Crippen LogP contribution in [0.1, 0.15) is 0 Å². The first-order chi connectivity index (χ1) is 6.79. The van der Waals surface area contributed by atoms with Crippen molar-refractivity contribution < 1.29 is 4.42 Å². The van der Waals surface area contributed by atoms with E-state index in [9.17, 15) is 0 Å². The Kier molecular flexibility index (Phi) is 2.30. The van der Waals surface area contributed by atoms with Gasteiger partial charge < -0.3 is 9.73 Å². The summed E-state index contributed by atoms with van der Waals surface area (Å²) in [6, 6.07) is 5.67. The zero-order chi connectivity index (χ0) is 9.97. The second kappa shape index (κ2) is 3.60. The maximum Gasteiger partial charge on any atom is 0.296 e. The highest BCUT2D eigenvalue weighted by Gasteiger charge is 2.04. The van der Waals surface area contributed by atoms with Gasteiger partial charge in [-0.05, 0) is 18.2 Å². The standard InChI is InChI=1S/C10H7ClN2O/c1-2-5-12-10-13-8-6-7(11)3-4-9(8)14-10/h1,3-4,6H,5H2,(H,12,13). The van der Waals surface area contributed by atoms with Crippen LogP contribution in [0.25, 0.3) is 11.1 Å². The molecule has 0 atom stereocenters. The molecular weight excluding hydrogens is 200 g/mol. The summed E-state index contributed by atoms with van der Waals surface area (Å²) in [5.74, 6) is 2.43. The van der Waals surface area contributed by atoms with E-state index in [1.54, 1.807) is 18.2 Å². The molecule has 14 heavy (non-hydrogen) atoms. The molecule has 1 aromatic carbocycles. The quantitative estimate of drug-likeness (QED) is 0.768. The van der Waals surface area contributed by atoms with Gasteiger partial charge in [0.15, 0.2) is 5.58 Å². The van der Waals surface area contributed by atoms with E-state index >= 15 is 0 Å². The van der Waals surface area contributed by atoms with Crippen LogP contribution >= 0.6 is 11.6 Å². The first kappa shape index (κ1) is 8.92. The maximum absolute atomic E-state index is 5.80. The van der Waals surface area contributed by atoms with Gasteiger partial charge in [-0.2, -0.15) is 4.98 Å². The fraction of sp³-hybridized carbons (Fsp3) is 0.100. The van der Waals surface area contributed by atoms with Crippen LogP contribution in [0, 0.1) is 12.3 Å².